The molecule has 1 fully saturated rings. The Kier molecular flexibility index (Phi) is 4.99. The fourth-order valence-electron chi connectivity index (χ4n) is 3.13. The van der Waals surface area contributed by atoms with Crippen LogP contribution in [0.5, 0.6) is 0 Å². The quantitative estimate of drug-likeness (QED) is 0.832. The van der Waals surface area contributed by atoms with Gasteiger partial charge in [-0.05, 0) is 27.2 Å². The van der Waals surface area contributed by atoms with Gasteiger partial charge in [0, 0.05) is 50.8 Å². The molecule has 0 atom stereocenters. The number of piperazine rings is 1. The lowest BCUT2D eigenvalue weighted by molar-refractivity contribution is -0.133. The molecule has 0 spiro atoms. The van der Waals surface area contributed by atoms with Crippen molar-refractivity contribution in [2.45, 2.75) is 40.2 Å². The number of rotatable bonds is 5. The summed E-state index contributed by atoms with van der Waals surface area (Å²) < 4.78 is 10.2. The number of hydrogen-bond acceptors (Lipinski definition) is 6. The summed E-state index contributed by atoms with van der Waals surface area (Å²) >= 11 is 0. The highest BCUT2D eigenvalue weighted by Gasteiger charge is 2.22. The van der Waals surface area contributed by atoms with E-state index in [4.69, 9.17) is 9.05 Å². The lowest BCUT2D eigenvalue weighted by Crippen LogP contribution is -2.48. The average Bonchev–Trinajstić information content (AvgIpc) is 3.12. The lowest BCUT2D eigenvalue weighted by atomic mass is 10.1. The minimum Gasteiger partial charge on any atom is -0.361 e. The van der Waals surface area contributed by atoms with Crippen LogP contribution in [0.1, 0.15) is 34.9 Å². The molecule has 0 radical (unpaired) electrons. The number of nitrogens with zero attached hydrogens (tertiary/aromatic N) is 4. The van der Waals surface area contributed by atoms with Crippen LogP contribution in [0.4, 0.5) is 0 Å². The molecule has 24 heavy (non-hydrogen) atoms. The van der Waals surface area contributed by atoms with Gasteiger partial charge in [-0.15, -0.1) is 0 Å². The van der Waals surface area contributed by atoms with Crippen LogP contribution in [0.3, 0.4) is 0 Å². The van der Waals surface area contributed by atoms with Crippen LogP contribution in [-0.4, -0.2) is 52.2 Å². The Bertz CT molecular complexity index is 679. The van der Waals surface area contributed by atoms with Crippen LogP contribution in [0, 0.1) is 20.8 Å². The van der Waals surface area contributed by atoms with Crippen molar-refractivity contribution in [3.05, 3.63) is 34.5 Å². The summed E-state index contributed by atoms with van der Waals surface area (Å²) in [5, 5.41) is 7.96. The van der Waals surface area contributed by atoms with Crippen molar-refractivity contribution in [3.63, 3.8) is 0 Å². The molecule has 2 aromatic rings. The van der Waals surface area contributed by atoms with E-state index in [2.05, 4.69) is 15.2 Å². The van der Waals surface area contributed by atoms with Crippen molar-refractivity contribution in [1.29, 1.82) is 0 Å². The van der Waals surface area contributed by atoms with Crippen LogP contribution in [-0.2, 0) is 17.8 Å². The summed E-state index contributed by atoms with van der Waals surface area (Å²) in [4.78, 5) is 16.7. The number of aryl methyl sites for hydroxylation is 3. The van der Waals surface area contributed by atoms with Gasteiger partial charge in [0.1, 0.15) is 11.5 Å². The van der Waals surface area contributed by atoms with Gasteiger partial charge >= 0.3 is 0 Å². The monoisotopic (exact) mass is 332 g/mol. The molecule has 7 heteroatoms. The molecule has 3 heterocycles. The zero-order valence-corrected chi connectivity index (χ0v) is 14.5. The number of hydrogen-bond donors (Lipinski definition) is 0. The molecule has 1 aliphatic rings. The van der Waals surface area contributed by atoms with Crippen LogP contribution >= 0.6 is 0 Å². The third-order valence-corrected chi connectivity index (χ3v) is 4.56. The summed E-state index contributed by atoms with van der Waals surface area (Å²) in [5.74, 6) is 1.85. The van der Waals surface area contributed by atoms with Gasteiger partial charge in [-0.2, -0.15) is 0 Å². The van der Waals surface area contributed by atoms with E-state index in [1.54, 1.807) is 0 Å². The Balaban J connectivity index is 1.45. The summed E-state index contributed by atoms with van der Waals surface area (Å²) in [6.45, 7) is 9.73. The molecule has 2 aromatic heterocycles. The van der Waals surface area contributed by atoms with E-state index in [0.717, 1.165) is 61.2 Å². The summed E-state index contributed by atoms with van der Waals surface area (Å²) in [6.07, 6.45) is 1.20. The highest BCUT2D eigenvalue weighted by atomic mass is 16.5. The van der Waals surface area contributed by atoms with E-state index in [1.807, 2.05) is 31.7 Å². The van der Waals surface area contributed by atoms with Gasteiger partial charge in [-0.1, -0.05) is 10.3 Å². The first kappa shape index (κ1) is 16.7. The highest BCUT2D eigenvalue weighted by Crippen LogP contribution is 2.16. The van der Waals surface area contributed by atoms with Crippen molar-refractivity contribution < 1.29 is 13.8 Å². The SMILES string of the molecule is Cc1cc(CN2CCN(C(=O)CCc3c(C)noc3C)CC2)no1. The summed E-state index contributed by atoms with van der Waals surface area (Å²) in [5.41, 5.74) is 2.89. The molecule has 1 aliphatic heterocycles. The van der Waals surface area contributed by atoms with Crippen LogP contribution in [0.2, 0.25) is 0 Å². The fraction of sp³-hybridized carbons (Fsp3) is 0.588. The molecule has 0 aromatic carbocycles. The van der Waals surface area contributed by atoms with E-state index in [9.17, 15) is 4.79 Å². The van der Waals surface area contributed by atoms with Gasteiger partial charge < -0.3 is 13.9 Å². The number of aromatic nitrogens is 2. The zero-order valence-electron chi connectivity index (χ0n) is 14.5. The van der Waals surface area contributed by atoms with Gasteiger partial charge in [0.25, 0.3) is 0 Å². The molecule has 0 unspecified atom stereocenters. The first-order chi connectivity index (χ1) is 11.5. The highest BCUT2D eigenvalue weighted by molar-refractivity contribution is 5.76. The number of carbonyl (C=O) groups is 1. The lowest BCUT2D eigenvalue weighted by Gasteiger charge is -2.34. The van der Waals surface area contributed by atoms with E-state index in [-0.39, 0.29) is 5.91 Å². The van der Waals surface area contributed by atoms with Crippen molar-refractivity contribution in [3.8, 4) is 0 Å². The Labute approximate surface area is 141 Å². The van der Waals surface area contributed by atoms with E-state index in [0.29, 0.717) is 12.8 Å². The molecule has 1 saturated heterocycles. The van der Waals surface area contributed by atoms with E-state index >= 15 is 0 Å². The largest absolute Gasteiger partial charge is 0.361 e. The fourth-order valence-corrected chi connectivity index (χ4v) is 3.13. The third-order valence-electron chi connectivity index (χ3n) is 4.56. The van der Waals surface area contributed by atoms with Gasteiger partial charge in [-0.25, -0.2) is 0 Å². The predicted octanol–water partition coefficient (Wildman–Crippen LogP) is 1.86. The maximum atomic E-state index is 12.4. The number of amides is 1. The molecule has 7 nitrogen and oxygen atoms in total. The first-order valence-corrected chi connectivity index (χ1v) is 8.37. The maximum absolute atomic E-state index is 12.4. The van der Waals surface area contributed by atoms with Gasteiger partial charge in [0.15, 0.2) is 0 Å². The third kappa shape index (κ3) is 3.84. The Morgan fingerprint density at radius 3 is 2.46 bits per heavy atom. The standard InChI is InChI=1S/C17H24N4O3/c1-12-10-15(19-23-12)11-20-6-8-21(9-7-20)17(22)5-4-16-13(2)18-24-14(16)3/h10H,4-9,11H2,1-3H3. The topological polar surface area (TPSA) is 75.6 Å². The molecule has 130 valence electrons. The summed E-state index contributed by atoms with van der Waals surface area (Å²) in [6, 6.07) is 1.96. The van der Waals surface area contributed by atoms with Crippen LogP contribution in [0.15, 0.2) is 15.1 Å². The summed E-state index contributed by atoms with van der Waals surface area (Å²) in [7, 11) is 0. The molecular formula is C17H24N4O3. The van der Waals surface area contributed by atoms with E-state index < -0.39 is 0 Å². The molecule has 0 aliphatic carbocycles. The van der Waals surface area contributed by atoms with Gasteiger partial charge in [0.2, 0.25) is 5.91 Å². The number of carbonyl (C=O) groups excluding carboxylic acids is 1. The Morgan fingerprint density at radius 1 is 1.12 bits per heavy atom. The van der Waals surface area contributed by atoms with Gasteiger partial charge in [-0.3, -0.25) is 9.69 Å². The van der Waals surface area contributed by atoms with Crippen molar-refractivity contribution >= 4 is 5.91 Å². The van der Waals surface area contributed by atoms with Crippen molar-refractivity contribution in [2.24, 2.45) is 0 Å². The molecular weight excluding hydrogens is 308 g/mol. The molecule has 0 saturated carbocycles. The first-order valence-electron chi connectivity index (χ1n) is 8.37. The van der Waals surface area contributed by atoms with Crippen LogP contribution < -0.4 is 0 Å². The minimum absolute atomic E-state index is 0.201. The smallest absolute Gasteiger partial charge is 0.222 e. The second-order valence-corrected chi connectivity index (χ2v) is 6.39. The van der Waals surface area contributed by atoms with Crippen LogP contribution in [0.25, 0.3) is 0 Å². The Morgan fingerprint density at radius 2 is 1.88 bits per heavy atom. The normalized spacial score (nSPS) is 15.9. The average molecular weight is 332 g/mol. The molecule has 3 rings (SSSR count). The Hall–Kier alpha value is -2.15. The molecule has 0 bridgehead atoms. The van der Waals surface area contributed by atoms with Gasteiger partial charge in [0.05, 0.1) is 11.4 Å². The minimum atomic E-state index is 0.201. The van der Waals surface area contributed by atoms with Crippen molar-refractivity contribution in [1.82, 2.24) is 20.1 Å². The zero-order chi connectivity index (χ0) is 17.1. The molecule has 0 N–H and O–H groups in total. The second-order valence-electron chi connectivity index (χ2n) is 6.39. The second kappa shape index (κ2) is 7.17. The predicted molar refractivity (Wildman–Crippen MR) is 87.4 cm³/mol. The maximum Gasteiger partial charge on any atom is 0.222 e. The molecule has 1 amide bonds. The van der Waals surface area contributed by atoms with E-state index in [1.165, 1.54) is 0 Å². The van der Waals surface area contributed by atoms with Crippen molar-refractivity contribution in [2.75, 3.05) is 26.2 Å².